The first kappa shape index (κ1) is 19.3. The van der Waals surface area contributed by atoms with Gasteiger partial charge < -0.3 is 10.2 Å². The Morgan fingerprint density at radius 3 is 2.48 bits per heavy atom. The first-order chi connectivity index (χ1) is 11.8. The van der Waals surface area contributed by atoms with Crippen LogP contribution in [0.1, 0.15) is 24.5 Å². The van der Waals surface area contributed by atoms with Crippen LogP contribution in [0.2, 0.25) is 10.0 Å². The summed E-state index contributed by atoms with van der Waals surface area (Å²) in [6, 6.07) is 12.9. The van der Waals surface area contributed by atoms with Gasteiger partial charge in [0.1, 0.15) is 0 Å². The summed E-state index contributed by atoms with van der Waals surface area (Å²) in [5.41, 5.74) is 2.76. The Kier molecular flexibility index (Phi) is 6.85. The minimum atomic E-state index is -0.186. The van der Waals surface area contributed by atoms with Gasteiger partial charge in [-0.05, 0) is 30.7 Å². The molecule has 0 bridgehead atoms. The Morgan fingerprint density at radius 1 is 1.08 bits per heavy atom. The van der Waals surface area contributed by atoms with Crippen LogP contribution in [-0.2, 0) is 16.1 Å². The molecule has 2 aromatic rings. The van der Waals surface area contributed by atoms with Crippen LogP contribution in [0.3, 0.4) is 0 Å². The maximum absolute atomic E-state index is 12.1. The van der Waals surface area contributed by atoms with Crippen molar-refractivity contribution in [2.75, 3.05) is 11.9 Å². The number of carbonyl (C=O) groups excluding carboxylic acids is 2. The van der Waals surface area contributed by atoms with Gasteiger partial charge in [0.2, 0.25) is 11.8 Å². The average Bonchev–Trinajstić information content (AvgIpc) is 2.54. The molecule has 0 spiro atoms. The summed E-state index contributed by atoms with van der Waals surface area (Å²) < 4.78 is 0. The normalized spacial score (nSPS) is 10.4. The van der Waals surface area contributed by atoms with Crippen molar-refractivity contribution in [3.8, 4) is 0 Å². The van der Waals surface area contributed by atoms with Crippen LogP contribution < -0.4 is 5.32 Å². The highest BCUT2D eigenvalue weighted by molar-refractivity contribution is 6.42. The zero-order valence-electron chi connectivity index (χ0n) is 14.2. The number of nitrogens with zero attached hydrogens (tertiary/aromatic N) is 1. The van der Waals surface area contributed by atoms with Crippen molar-refractivity contribution < 1.29 is 9.59 Å². The van der Waals surface area contributed by atoms with Gasteiger partial charge in [-0.25, -0.2) is 0 Å². The second kappa shape index (κ2) is 8.88. The number of amides is 2. The molecule has 4 nitrogen and oxygen atoms in total. The molecule has 0 aliphatic heterocycles. The van der Waals surface area contributed by atoms with E-state index in [1.807, 2.05) is 31.2 Å². The van der Waals surface area contributed by atoms with Crippen LogP contribution in [0.25, 0.3) is 0 Å². The summed E-state index contributed by atoms with van der Waals surface area (Å²) in [4.78, 5) is 25.6. The lowest BCUT2D eigenvalue weighted by Gasteiger charge is -2.21. The van der Waals surface area contributed by atoms with E-state index in [4.69, 9.17) is 23.2 Å². The summed E-state index contributed by atoms with van der Waals surface area (Å²) in [5, 5.41) is 3.57. The van der Waals surface area contributed by atoms with Gasteiger partial charge in [-0.3, -0.25) is 9.59 Å². The molecular formula is C19H20Cl2N2O2. The molecule has 0 fully saturated rings. The minimum Gasteiger partial charge on any atom is -0.338 e. The first-order valence-corrected chi connectivity index (χ1v) is 8.66. The highest BCUT2D eigenvalue weighted by Gasteiger charge is 2.12. The molecular weight excluding hydrogens is 359 g/mol. The molecule has 0 saturated heterocycles. The Labute approximate surface area is 157 Å². The van der Waals surface area contributed by atoms with Gasteiger partial charge in [-0.2, -0.15) is 0 Å². The van der Waals surface area contributed by atoms with Crippen molar-refractivity contribution in [1.82, 2.24) is 4.90 Å². The molecule has 0 unspecified atom stereocenters. The van der Waals surface area contributed by atoms with Gasteiger partial charge in [-0.1, -0.05) is 53.0 Å². The third-order valence-corrected chi connectivity index (χ3v) is 4.45. The molecule has 0 atom stereocenters. The molecule has 25 heavy (non-hydrogen) atoms. The number of anilines is 1. The molecule has 2 rings (SSSR count). The summed E-state index contributed by atoms with van der Waals surface area (Å²) in [6.07, 6.45) is 0.200. The Morgan fingerprint density at radius 2 is 1.84 bits per heavy atom. The van der Waals surface area contributed by atoms with Gasteiger partial charge in [0.15, 0.2) is 0 Å². The zero-order chi connectivity index (χ0) is 18.4. The number of halogens is 2. The number of hydrogen-bond acceptors (Lipinski definition) is 2. The standard InChI is InChI=1S/C19H20Cl2N2O2/c1-13-4-3-5-15(10-13)12-23(14(2)24)9-8-19(25)22-16-6-7-17(20)18(21)11-16/h3-7,10-11H,8-9,12H2,1-2H3,(H,22,25). The van der Waals surface area contributed by atoms with Gasteiger partial charge >= 0.3 is 0 Å². The number of aryl methyl sites for hydroxylation is 1. The summed E-state index contributed by atoms with van der Waals surface area (Å²) in [7, 11) is 0. The monoisotopic (exact) mass is 378 g/mol. The lowest BCUT2D eigenvalue weighted by atomic mass is 10.1. The molecule has 0 aliphatic rings. The first-order valence-electron chi connectivity index (χ1n) is 7.91. The van der Waals surface area contributed by atoms with Crippen LogP contribution in [0.5, 0.6) is 0 Å². The van der Waals surface area contributed by atoms with Crippen molar-refractivity contribution in [1.29, 1.82) is 0 Å². The van der Waals surface area contributed by atoms with Gasteiger partial charge in [0.25, 0.3) is 0 Å². The predicted molar refractivity (Wildman–Crippen MR) is 102 cm³/mol. The maximum atomic E-state index is 12.1. The molecule has 132 valence electrons. The maximum Gasteiger partial charge on any atom is 0.226 e. The lowest BCUT2D eigenvalue weighted by molar-refractivity contribution is -0.129. The second-order valence-electron chi connectivity index (χ2n) is 5.86. The third kappa shape index (κ3) is 6.07. The van der Waals surface area contributed by atoms with Crippen molar-refractivity contribution in [2.24, 2.45) is 0 Å². The molecule has 0 aromatic heterocycles. The average molecular weight is 379 g/mol. The van der Waals surface area contributed by atoms with E-state index in [1.54, 1.807) is 23.1 Å². The zero-order valence-corrected chi connectivity index (χ0v) is 15.7. The Bertz CT molecular complexity index is 778. The van der Waals surface area contributed by atoms with Gasteiger partial charge in [-0.15, -0.1) is 0 Å². The minimum absolute atomic E-state index is 0.0659. The van der Waals surface area contributed by atoms with Crippen LogP contribution in [0.15, 0.2) is 42.5 Å². The van der Waals surface area contributed by atoms with Crippen LogP contribution in [0.4, 0.5) is 5.69 Å². The van der Waals surface area contributed by atoms with Gasteiger partial charge in [0.05, 0.1) is 10.0 Å². The molecule has 2 amide bonds. The molecule has 6 heteroatoms. The van der Waals surface area contributed by atoms with Crippen molar-refractivity contribution in [3.63, 3.8) is 0 Å². The Hall–Kier alpha value is -2.04. The predicted octanol–water partition coefficient (Wildman–Crippen LogP) is 4.68. The van der Waals surface area contributed by atoms with Crippen LogP contribution in [-0.4, -0.2) is 23.3 Å². The van der Waals surface area contributed by atoms with E-state index < -0.39 is 0 Å². The van der Waals surface area contributed by atoms with Gasteiger partial charge in [0, 0.05) is 32.1 Å². The highest BCUT2D eigenvalue weighted by atomic mass is 35.5. The van der Waals surface area contributed by atoms with E-state index in [1.165, 1.54) is 6.92 Å². The number of hydrogen-bond donors (Lipinski definition) is 1. The topological polar surface area (TPSA) is 49.4 Å². The van der Waals surface area contributed by atoms with E-state index in [9.17, 15) is 9.59 Å². The fourth-order valence-corrected chi connectivity index (χ4v) is 2.71. The fraction of sp³-hybridized carbons (Fsp3) is 0.263. The molecule has 0 aliphatic carbocycles. The third-order valence-electron chi connectivity index (χ3n) is 3.71. The molecule has 0 saturated carbocycles. The van der Waals surface area contributed by atoms with Crippen molar-refractivity contribution >= 4 is 40.7 Å². The number of nitrogens with one attached hydrogen (secondary N) is 1. The van der Waals surface area contributed by atoms with E-state index in [0.717, 1.165) is 11.1 Å². The quantitative estimate of drug-likeness (QED) is 0.792. The van der Waals surface area contributed by atoms with Crippen molar-refractivity contribution in [3.05, 3.63) is 63.6 Å². The van der Waals surface area contributed by atoms with Crippen molar-refractivity contribution in [2.45, 2.75) is 26.8 Å². The number of carbonyl (C=O) groups is 2. The summed E-state index contributed by atoms with van der Waals surface area (Å²) in [6.45, 7) is 4.34. The largest absolute Gasteiger partial charge is 0.338 e. The van der Waals surface area contributed by atoms with E-state index in [0.29, 0.717) is 28.8 Å². The number of rotatable bonds is 6. The van der Waals surface area contributed by atoms with E-state index >= 15 is 0 Å². The molecule has 0 heterocycles. The SMILES string of the molecule is CC(=O)N(CCC(=O)Nc1ccc(Cl)c(Cl)c1)Cc1cccc(C)c1. The second-order valence-corrected chi connectivity index (χ2v) is 6.67. The molecule has 1 N–H and O–H groups in total. The van der Waals surface area contributed by atoms with E-state index in [2.05, 4.69) is 5.32 Å². The molecule has 2 aromatic carbocycles. The fourth-order valence-electron chi connectivity index (χ4n) is 2.41. The lowest BCUT2D eigenvalue weighted by Crippen LogP contribution is -2.31. The van der Waals surface area contributed by atoms with E-state index in [-0.39, 0.29) is 18.2 Å². The Balaban J connectivity index is 1.92. The smallest absolute Gasteiger partial charge is 0.226 e. The summed E-state index contributed by atoms with van der Waals surface area (Å²) >= 11 is 11.8. The molecule has 0 radical (unpaired) electrons. The highest BCUT2D eigenvalue weighted by Crippen LogP contribution is 2.25. The number of benzene rings is 2. The summed E-state index contributed by atoms with van der Waals surface area (Å²) in [5.74, 6) is -0.252. The van der Waals surface area contributed by atoms with Crippen LogP contribution in [0, 0.1) is 6.92 Å². The van der Waals surface area contributed by atoms with Crippen LogP contribution >= 0.6 is 23.2 Å².